The van der Waals surface area contributed by atoms with Crippen molar-refractivity contribution in [2.75, 3.05) is 12.0 Å². The van der Waals surface area contributed by atoms with Crippen LogP contribution in [0.5, 0.6) is 0 Å². The molecule has 2 aromatic carbocycles. The van der Waals surface area contributed by atoms with Gasteiger partial charge in [0, 0.05) is 5.69 Å². The van der Waals surface area contributed by atoms with E-state index in [-0.39, 0.29) is 6.42 Å². The maximum absolute atomic E-state index is 12.2. The maximum Gasteiger partial charge on any atom is 0.414 e. The molecule has 25 heavy (non-hydrogen) atoms. The highest BCUT2D eigenvalue weighted by Crippen LogP contribution is 2.26. The third kappa shape index (κ3) is 4.16. The van der Waals surface area contributed by atoms with E-state index in [1.54, 1.807) is 31.2 Å². The number of carboxylic acid groups (broad SMARTS) is 1. The van der Waals surface area contributed by atoms with Crippen LogP contribution in [-0.2, 0) is 9.53 Å². The minimum atomic E-state index is -1.43. The van der Waals surface area contributed by atoms with Gasteiger partial charge in [-0.1, -0.05) is 49.4 Å². The first-order valence-electron chi connectivity index (χ1n) is 7.93. The third-order valence-corrected chi connectivity index (χ3v) is 3.94. The van der Waals surface area contributed by atoms with Gasteiger partial charge in [0.15, 0.2) is 6.04 Å². The summed E-state index contributed by atoms with van der Waals surface area (Å²) in [5.41, 5.74) is 2.27. The molecule has 0 aliphatic carbocycles. The van der Waals surface area contributed by atoms with Gasteiger partial charge in [0.05, 0.1) is 13.2 Å². The Morgan fingerprint density at radius 3 is 2.08 bits per heavy atom. The van der Waals surface area contributed by atoms with Gasteiger partial charge in [0.2, 0.25) is 0 Å². The van der Waals surface area contributed by atoms with E-state index >= 15 is 0 Å². The molecular formula is C19H21NO5. The Labute approximate surface area is 146 Å². The van der Waals surface area contributed by atoms with Crippen molar-refractivity contribution >= 4 is 17.7 Å². The number of carbonyl (C=O) groups is 2. The van der Waals surface area contributed by atoms with Crippen molar-refractivity contribution in [2.24, 2.45) is 0 Å². The fourth-order valence-electron chi connectivity index (χ4n) is 2.59. The number of carbonyl (C=O) groups excluding carboxylic acids is 1. The molecule has 0 aromatic heterocycles. The summed E-state index contributed by atoms with van der Waals surface area (Å²) in [7, 11) is 1.17. The Bertz CT molecular complexity index is 714. The molecule has 0 unspecified atom stereocenters. The van der Waals surface area contributed by atoms with Gasteiger partial charge in [0.25, 0.3) is 0 Å². The molecule has 1 amide bonds. The molecule has 0 saturated carbocycles. The number of rotatable bonds is 6. The van der Waals surface area contributed by atoms with Gasteiger partial charge in [-0.2, -0.15) is 0 Å². The second kappa shape index (κ2) is 8.30. The summed E-state index contributed by atoms with van der Waals surface area (Å²) in [5, 5.41) is 19.5. The number of anilines is 1. The van der Waals surface area contributed by atoms with Gasteiger partial charge in [-0.05, 0) is 29.7 Å². The first-order chi connectivity index (χ1) is 12.0. The maximum atomic E-state index is 12.2. The van der Waals surface area contributed by atoms with Crippen molar-refractivity contribution < 1.29 is 24.5 Å². The van der Waals surface area contributed by atoms with Crippen molar-refractivity contribution in [3.63, 3.8) is 0 Å². The van der Waals surface area contributed by atoms with E-state index in [1.807, 2.05) is 30.3 Å². The van der Waals surface area contributed by atoms with E-state index in [1.165, 1.54) is 7.11 Å². The van der Waals surface area contributed by atoms with Crippen LogP contribution in [0.25, 0.3) is 11.1 Å². The van der Waals surface area contributed by atoms with Crippen LogP contribution >= 0.6 is 0 Å². The SMILES string of the molecule is CC[C@@H](O)[C@H](C(=O)O)N(C(=O)OC)c1ccc(-c2ccccc2)cc1. The second-order valence-corrected chi connectivity index (χ2v) is 5.51. The van der Waals surface area contributed by atoms with Crippen LogP contribution in [0, 0.1) is 0 Å². The number of nitrogens with zero attached hydrogens (tertiary/aromatic N) is 1. The number of benzene rings is 2. The van der Waals surface area contributed by atoms with E-state index < -0.39 is 24.2 Å². The van der Waals surface area contributed by atoms with E-state index in [4.69, 9.17) is 4.74 Å². The summed E-state index contributed by atoms with van der Waals surface area (Å²) < 4.78 is 4.72. The highest BCUT2D eigenvalue weighted by Gasteiger charge is 2.36. The zero-order chi connectivity index (χ0) is 18.4. The molecule has 0 heterocycles. The molecule has 0 fully saturated rings. The summed E-state index contributed by atoms with van der Waals surface area (Å²) in [4.78, 5) is 24.7. The molecule has 6 nitrogen and oxygen atoms in total. The first-order valence-corrected chi connectivity index (χ1v) is 7.93. The van der Waals surface area contributed by atoms with Gasteiger partial charge in [-0.15, -0.1) is 0 Å². The number of carboxylic acids is 1. The van der Waals surface area contributed by atoms with Crippen molar-refractivity contribution in [3.8, 4) is 11.1 Å². The number of aliphatic carboxylic acids is 1. The quantitative estimate of drug-likeness (QED) is 0.841. The lowest BCUT2D eigenvalue weighted by Crippen LogP contribution is -2.52. The molecule has 2 N–H and O–H groups in total. The number of ether oxygens (including phenoxy) is 1. The molecule has 6 heteroatoms. The Morgan fingerprint density at radius 2 is 1.60 bits per heavy atom. The van der Waals surface area contributed by atoms with Crippen LogP contribution in [0.1, 0.15) is 13.3 Å². The van der Waals surface area contributed by atoms with E-state index in [0.29, 0.717) is 5.69 Å². The molecule has 0 bridgehead atoms. The lowest BCUT2D eigenvalue weighted by atomic mass is 10.0. The predicted molar refractivity (Wildman–Crippen MR) is 94.5 cm³/mol. The number of aliphatic hydroxyl groups excluding tert-OH is 1. The molecule has 0 saturated heterocycles. The zero-order valence-corrected chi connectivity index (χ0v) is 14.1. The lowest BCUT2D eigenvalue weighted by Gasteiger charge is -2.30. The van der Waals surface area contributed by atoms with Crippen LogP contribution in [0.4, 0.5) is 10.5 Å². The molecule has 0 radical (unpaired) electrons. The highest BCUT2D eigenvalue weighted by atomic mass is 16.5. The predicted octanol–water partition coefficient (Wildman–Crippen LogP) is 3.15. The summed E-state index contributed by atoms with van der Waals surface area (Å²) in [6.45, 7) is 1.65. The van der Waals surface area contributed by atoms with Crippen molar-refractivity contribution in [1.82, 2.24) is 0 Å². The number of aliphatic hydroxyl groups is 1. The second-order valence-electron chi connectivity index (χ2n) is 5.51. The van der Waals surface area contributed by atoms with Crippen LogP contribution in [0.15, 0.2) is 54.6 Å². The number of methoxy groups -OCH3 is 1. The minimum absolute atomic E-state index is 0.187. The number of amides is 1. The normalized spacial score (nSPS) is 12.9. The lowest BCUT2D eigenvalue weighted by molar-refractivity contribution is -0.141. The molecule has 2 aromatic rings. The molecule has 2 atom stereocenters. The number of hydrogen-bond acceptors (Lipinski definition) is 4. The summed E-state index contributed by atoms with van der Waals surface area (Å²) >= 11 is 0. The Hall–Kier alpha value is -2.86. The standard InChI is InChI=1S/C19H21NO5/c1-3-16(21)17(18(22)23)20(19(24)25-2)15-11-9-14(10-12-15)13-7-5-4-6-8-13/h4-12,16-17,21H,3H2,1-2H3,(H,22,23)/t16-,17-/m1/s1. The fraction of sp³-hybridized carbons (Fsp3) is 0.263. The highest BCUT2D eigenvalue weighted by molar-refractivity contribution is 5.95. The van der Waals surface area contributed by atoms with Crippen LogP contribution < -0.4 is 4.90 Å². The molecule has 0 aliphatic rings. The summed E-state index contributed by atoms with van der Waals surface area (Å²) in [6.07, 6.45) is -1.87. The number of hydrogen-bond donors (Lipinski definition) is 2. The third-order valence-electron chi connectivity index (χ3n) is 3.94. The van der Waals surface area contributed by atoms with E-state index in [0.717, 1.165) is 16.0 Å². The zero-order valence-electron chi connectivity index (χ0n) is 14.1. The Balaban J connectivity index is 2.41. The van der Waals surface area contributed by atoms with Gasteiger partial charge in [-0.25, -0.2) is 9.59 Å². The Kier molecular flexibility index (Phi) is 6.14. The van der Waals surface area contributed by atoms with Crippen molar-refractivity contribution in [2.45, 2.75) is 25.5 Å². The molecule has 2 rings (SSSR count). The van der Waals surface area contributed by atoms with E-state index in [2.05, 4.69) is 0 Å². The van der Waals surface area contributed by atoms with Gasteiger partial charge < -0.3 is 14.9 Å². The van der Waals surface area contributed by atoms with Crippen LogP contribution in [0.3, 0.4) is 0 Å². The summed E-state index contributed by atoms with van der Waals surface area (Å²) in [6, 6.07) is 15.1. The fourth-order valence-corrected chi connectivity index (χ4v) is 2.59. The van der Waals surface area contributed by atoms with Crippen LogP contribution in [0.2, 0.25) is 0 Å². The smallest absolute Gasteiger partial charge is 0.414 e. The molecule has 0 spiro atoms. The van der Waals surface area contributed by atoms with Gasteiger partial charge >= 0.3 is 12.1 Å². The Morgan fingerprint density at radius 1 is 1.04 bits per heavy atom. The van der Waals surface area contributed by atoms with E-state index in [9.17, 15) is 19.8 Å². The molecule has 132 valence electrons. The monoisotopic (exact) mass is 343 g/mol. The van der Waals surface area contributed by atoms with Crippen molar-refractivity contribution in [1.29, 1.82) is 0 Å². The average Bonchev–Trinajstić information content (AvgIpc) is 2.65. The van der Waals surface area contributed by atoms with Crippen LogP contribution in [-0.4, -0.2) is 41.5 Å². The largest absolute Gasteiger partial charge is 0.480 e. The molecule has 0 aliphatic heterocycles. The van der Waals surface area contributed by atoms with Crippen molar-refractivity contribution in [3.05, 3.63) is 54.6 Å². The summed E-state index contributed by atoms with van der Waals surface area (Å²) in [5.74, 6) is -1.30. The van der Waals surface area contributed by atoms with Gasteiger partial charge in [-0.3, -0.25) is 4.90 Å². The molecular weight excluding hydrogens is 322 g/mol. The minimum Gasteiger partial charge on any atom is -0.480 e. The van der Waals surface area contributed by atoms with Gasteiger partial charge in [0.1, 0.15) is 0 Å². The topological polar surface area (TPSA) is 87.1 Å². The first kappa shape index (κ1) is 18.5. The average molecular weight is 343 g/mol.